The van der Waals surface area contributed by atoms with Crippen LogP contribution >= 0.6 is 0 Å². The summed E-state index contributed by atoms with van der Waals surface area (Å²) in [4.78, 5) is 16.9. The average Bonchev–Trinajstić information content (AvgIpc) is 3.24. The molecule has 0 bridgehead atoms. The van der Waals surface area contributed by atoms with Crippen LogP contribution in [0.4, 0.5) is 10.1 Å². The smallest absolute Gasteiger partial charge is 0.257 e. The number of fused-ring (bicyclic) bond motifs is 2. The first kappa shape index (κ1) is 18.2. The molecule has 3 aromatic heterocycles. The van der Waals surface area contributed by atoms with Gasteiger partial charge in [-0.25, -0.2) is 9.37 Å². The van der Waals surface area contributed by atoms with Gasteiger partial charge >= 0.3 is 0 Å². The zero-order valence-corrected chi connectivity index (χ0v) is 15.4. The maximum Gasteiger partial charge on any atom is 0.257 e. The lowest BCUT2D eigenvalue weighted by Gasteiger charge is -2.08. The number of imidazole rings is 1. The highest BCUT2D eigenvalue weighted by Crippen LogP contribution is 2.20. The number of rotatable bonds is 5. The fraction of sp³-hybridized carbons (Fsp3) is 0.211. The predicted octanol–water partition coefficient (Wildman–Crippen LogP) is 1.82. The Kier molecular flexibility index (Phi) is 4.60. The second-order valence-corrected chi connectivity index (χ2v) is 6.49. The van der Waals surface area contributed by atoms with E-state index in [9.17, 15) is 9.18 Å². The predicted molar refractivity (Wildman–Crippen MR) is 105 cm³/mol. The van der Waals surface area contributed by atoms with Crippen LogP contribution in [0, 0.1) is 12.7 Å². The summed E-state index contributed by atoms with van der Waals surface area (Å²) in [5.41, 5.74) is 2.57. The van der Waals surface area contributed by atoms with Crippen molar-refractivity contribution in [2.24, 2.45) is 0 Å². The van der Waals surface area contributed by atoms with Crippen molar-refractivity contribution in [1.29, 1.82) is 0 Å². The molecular weight excluding hydrogens is 360 g/mol. The number of hydrogen-bond donors (Lipinski definition) is 1. The zero-order valence-electron chi connectivity index (χ0n) is 15.4. The number of halogens is 1. The van der Waals surface area contributed by atoms with Gasteiger partial charge in [-0.15, -0.1) is 0 Å². The molecular formula is C19H17BFN5O2. The maximum absolute atomic E-state index is 14.3. The molecule has 1 amide bonds. The Hall–Kier alpha value is -3.20. The van der Waals surface area contributed by atoms with Crippen LogP contribution in [0.15, 0.2) is 36.8 Å². The summed E-state index contributed by atoms with van der Waals surface area (Å²) >= 11 is 0. The largest absolute Gasteiger partial charge is 0.383 e. The molecule has 2 radical (unpaired) electrons. The second-order valence-electron chi connectivity index (χ2n) is 6.49. The van der Waals surface area contributed by atoms with Gasteiger partial charge < -0.3 is 14.5 Å². The quantitative estimate of drug-likeness (QED) is 0.539. The van der Waals surface area contributed by atoms with Crippen molar-refractivity contribution in [3.05, 3.63) is 53.9 Å². The Morgan fingerprint density at radius 1 is 1.32 bits per heavy atom. The SMILES string of the molecule is [B]c1ccc(C(=O)Nc2cc(F)c3nc(C)cn3c2)c2nn(CCOC)cc12. The average molecular weight is 377 g/mol. The fourth-order valence-electron chi connectivity index (χ4n) is 3.10. The van der Waals surface area contributed by atoms with Crippen LogP contribution < -0.4 is 10.8 Å². The van der Waals surface area contributed by atoms with Gasteiger partial charge in [0.25, 0.3) is 5.91 Å². The van der Waals surface area contributed by atoms with E-state index in [0.29, 0.717) is 46.5 Å². The molecule has 28 heavy (non-hydrogen) atoms. The van der Waals surface area contributed by atoms with Gasteiger partial charge in [-0.2, -0.15) is 5.10 Å². The molecule has 4 rings (SSSR count). The number of hydrogen-bond acceptors (Lipinski definition) is 4. The molecule has 0 aliphatic carbocycles. The first-order chi connectivity index (χ1) is 13.5. The number of methoxy groups -OCH3 is 1. The summed E-state index contributed by atoms with van der Waals surface area (Å²) in [6.45, 7) is 2.79. The minimum absolute atomic E-state index is 0.210. The van der Waals surface area contributed by atoms with Gasteiger partial charge in [0.1, 0.15) is 13.4 Å². The van der Waals surface area contributed by atoms with Gasteiger partial charge in [0.15, 0.2) is 11.5 Å². The highest BCUT2D eigenvalue weighted by Gasteiger charge is 2.16. The number of anilines is 1. The highest BCUT2D eigenvalue weighted by atomic mass is 19.1. The van der Waals surface area contributed by atoms with Crippen LogP contribution in [0.25, 0.3) is 16.6 Å². The number of nitrogens with zero attached hydrogens (tertiary/aromatic N) is 4. The number of benzene rings is 1. The maximum atomic E-state index is 14.3. The lowest BCUT2D eigenvalue weighted by atomic mass is 9.91. The fourth-order valence-corrected chi connectivity index (χ4v) is 3.10. The molecule has 0 aliphatic rings. The summed E-state index contributed by atoms with van der Waals surface area (Å²) < 4.78 is 22.5. The molecule has 0 atom stereocenters. The van der Waals surface area contributed by atoms with Crippen LogP contribution in [0.2, 0.25) is 0 Å². The number of aromatic nitrogens is 4. The second kappa shape index (κ2) is 7.08. The van der Waals surface area contributed by atoms with Gasteiger partial charge in [-0.1, -0.05) is 11.5 Å². The number of pyridine rings is 1. The van der Waals surface area contributed by atoms with Crippen molar-refractivity contribution >= 4 is 41.5 Å². The molecule has 0 unspecified atom stereocenters. The van der Waals surface area contributed by atoms with E-state index in [1.54, 1.807) is 53.8 Å². The summed E-state index contributed by atoms with van der Waals surface area (Å²) in [5, 5.41) is 7.85. The van der Waals surface area contributed by atoms with E-state index in [0.717, 1.165) is 0 Å². The van der Waals surface area contributed by atoms with E-state index in [1.807, 2.05) is 0 Å². The van der Waals surface area contributed by atoms with Crippen LogP contribution in [0.1, 0.15) is 16.1 Å². The molecule has 9 heteroatoms. The van der Waals surface area contributed by atoms with E-state index < -0.39 is 11.7 Å². The Bertz CT molecular complexity index is 1200. The van der Waals surface area contributed by atoms with E-state index in [2.05, 4.69) is 15.4 Å². The van der Waals surface area contributed by atoms with Gasteiger partial charge in [0.2, 0.25) is 0 Å². The third-order valence-corrected chi connectivity index (χ3v) is 4.41. The minimum atomic E-state index is -0.516. The Labute approximate surface area is 161 Å². The van der Waals surface area contributed by atoms with Crippen molar-refractivity contribution in [2.45, 2.75) is 13.5 Å². The molecule has 0 fully saturated rings. The summed E-state index contributed by atoms with van der Waals surface area (Å²) in [7, 11) is 7.63. The van der Waals surface area contributed by atoms with E-state index >= 15 is 0 Å². The van der Waals surface area contributed by atoms with E-state index in [-0.39, 0.29) is 5.65 Å². The molecule has 7 nitrogen and oxygen atoms in total. The van der Waals surface area contributed by atoms with Crippen molar-refractivity contribution in [2.75, 3.05) is 19.0 Å². The lowest BCUT2D eigenvalue weighted by Crippen LogP contribution is -2.15. The van der Waals surface area contributed by atoms with E-state index in [1.165, 1.54) is 6.07 Å². The first-order valence-electron chi connectivity index (χ1n) is 8.67. The highest BCUT2D eigenvalue weighted by molar-refractivity contribution is 6.39. The normalized spacial score (nSPS) is 11.4. The van der Waals surface area contributed by atoms with Gasteiger partial charge in [0, 0.05) is 37.2 Å². The monoisotopic (exact) mass is 377 g/mol. The van der Waals surface area contributed by atoms with Crippen LogP contribution in [-0.4, -0.2) is 46.6 Å². The zero-order chi connectivity index (χ0) is 19.8. The Morgan fingerprint density at radius 2 is 2.14 bits per heavy atom. The third kappa shape index (κ3) is 3.24. The third-order valence-electron chi connectivity index (χ3n) is 4.41. The van der Waals surface area contributed by atoms with Crippen molar-refractivity contribution in [3.8, 4) is 0 Å². The first-order valence-corrected chi connectivity index (χ1v) is 8.67. The van der Waals surface area contributed by atoms with Gasteiger partial charge in [0.05, 0.1) is 30.1 Å². The Morgan fingerprint density at radius 3 is 2.93 bits per heavy atom. The molecule has 1 aromatic carbocycles. The van der Waals surface area contributed by atoms with Crippen LogP contribution in [0.3, 0.4) is 0 Å². The summed E-state index contributed by atoms with van der Waals surface area (Å²) in [5.74, 6) is -0.922. The molecule has 140 valence electrons. The summed E-state index contributed by atoms with van der Waals surface area (Å²) in [6.07, 6.45) is 5.08. The molecule has 0 spiro atoms. The molecule has 0 saturated carbocycles. The topological polar surface area (TPSA) is 73.5 Å². The van der Waals surface area contributed by atoms with Crippen molar-refractivity contribution in [3.63, 3.8) is 0 Å². The number of ether oxygens (including phenoxy) is 1. The summed E-state index contributed by atoms with van der Waals surface area (Å²) in [6, 6.07) is 4.50. The molecule has 3 heterocycles. The van der Waals surface area contributed by atoms with Crippen LogP contribution in [0.5, 0.6) is 0 Å². The lowest BCUT2D eigenvalue weighted by molar-refractivity contribution is 0.102. The molecule has 0 aliphatic heterocycles. The number of carbonyl (C=O) groups is 1. The minimum Gasteiger partial charge on any atom is -0.383 e. The van der Waals surface area contributed by atoms with Crippen LogP contribution in [-0.2, 0) is 11.3 Å². The van der Waals surface area contributed by atoms with Crippen molar-refractivity contribution < 1.29 is 13.9 Å². The molecule has 1 N–H and O–H groups in total. The molecule has 0 saturated heterocycles. The molecule has 4 aromatic rings. The van der Waals surface area contributed by atoms with Gasteiger partial charge in [-0.05, 0) is 13.0 Å². The van der Waals surface area contributed by atoms with E-state index in [4.69, 9.17) is 12.6 Å². The van der Waals surface area contributed by atoms with Crippen molar-refractivity contribution in [1.82, 2.24) is 19.2 Å². The number of carbonyl (C=O) groups excluding carboxylic acids is 1. The Balaban J connectivity index is 1.69. The number of amides is 1. The van der Waals surface area contributed by atoms with Gasteiger partial charge in [-0.3, -0.25) is 9.48 Å². The number of nitrogens with one attached hydrogen (secondary N) is 1. The number of aryl methyl sites for hydroxylation is 1. The standard InChI is InChI=1S/C19H17BFN5O2/c1-11-8-25-9-12(7-16(21)18(25)22-11)23-19(27)13-3-4-15(20)14-10-26(5-6-28-2)24-17(13)14/h3-4,7-10H,5-6H2,1-2H3,(H,23,27).